The van der Waals surface area contributed by atoms with E-state index in [1.807, 2.05) is 92.2 Å². The molecule has 0 unspecified atom stereocenters. The van der Waals surface area contributed by atoms with Crippen molar-refractivity contribution in [1.29, 1.82) is 0 Å². The number of para-hydroxylation sites is 1. The van der Waals surface area contributed by atoms with E-state index in [1.165, 1.54) is 0 Å². The van der Waals surface area contributed by atoms with Gasteiger partial charge in [0.15, 0.2) is 0 Å². The number of likely N-dealkylation sites (N-methyl/N-ethyl adjacent to an activating group) is 1. The van der Waals surface area contributed by atoms with Gasteiger partial charge in [0.05, 0.1) is 25.9 Å². The first-order chi connectivity index (χ1) is 20.9. The average Bonchev–Trinajstić information content (AvgIpc) is 3.54. The average molecular weight is 574 g/mol. The summed E-state index contributed by atoms with van der Waals surface area (Å²) < 4.78 is 9.93. The molecule has 8 heteroatoms. The van der Waals surface area contributed by atoms with E-state index in [0.29, 0.717) is 36.6 Å². The molecule has 0 atom stereocenters. The lowest BCUT2D eigenvalue weighted by Gasteiger charge is -2.23. The Kier molecular flexibility index (Phi) is 7.59. The van der Waals surface area contributed by atoms with Gasteiger partial charge >= 0.3 is 0 Å². The molecule has 1 aliphatic rings. The molecule has 0 fully saturated rings. The van der Waals surface area contributed by atoms with Crippen LogP contribution in [-0.2, 0) is 19.5 Å². The zero-order valence-electron chi connectivity index (χ0n) is 24.9. The van der Waals surface area contributed by atoms with E-state index in [1.54, 1.807) is 29.3 Å². The summed E-state index contributed by atoms with van der Waals surface area (Å²) in [5, 5.41) is 0. The van der Waals surface area contributed by atoms with Crippen molar-refractivity contribution in [3.05, 3.63) is 131 Å². The number of benzene rings is 2. The molecule has 0 bridgehead atoms. The van der Waals surface area contributed by atoms with Crippen LogP contribution in [0.4, 0.5) is 5.69 Å². The van der Waals surface area contributed by atoms with Crippen molar-refractivity contribution in [2.45, 2.75) is 33.4 Å². The molecule has 1 aliphatic heterocycles. The highest BCUT2D eigenvalue weighted by Crippen LogP contribution is 2.33. The fourth-order valence-corrected chi connectivity index (χ4v) is 5.87. The number of anilines is 1. The van der Waals surface area contributed by atoms with Crippen LogP contribution >= 0.6 is 0 Å². The minimum Gasteiger partial charge on any atom is -0.495 e. The lowest BCUT2D eigenvalue weighted by Crippen LogP contribution is -2.31. The van der Waals surface area contributed by atoms with Crippen LogP contribution < -0.4 is 9.64 Å². The summed E-state index contributed by atoms with van der Waals surface area (Å²) in [5.41, 5.74) is 8.05. The van der Waals surface area contributed by atoms with Crippen LogP contribution in [0.25, 0.3) is 5.69 Å². The van der Waals surface area contributed by atoms with Gasteiger partial charge in [-0.05, 0) is 92.1 Å². The van der Waals surface area contributed by atoms with Gasteiger partial charge in [-0.3, -0.25) is 14.6 Å². The zero-order valence-corrected chi connectivity index (χ0v) is 24.9. The molecule has 5 aromatic rings. The Labute approximate surface area is 251 Å². The maximum absolute atomic E-state index is 14.2. The largest absolute Gasteiger partial charge is 0.495 e. The topological polar surface area (TPSA) is 72.6 Å². The summed E-state index contributed by atoms with van der Waals surface area (Å²) in [5.74, 6) is 0.450. The molecule has 0 saturated heterocycles. The van der Waals surface area contributed by atoms with Gasteiger partial charge in [-0.2, -0.15) is 0 Å². The number of fused-ring (bicyclic) bond motifs is 2. The third-order valence-electron chi connectivity index (χ3n) is 8.24. The fourth-order valence-electron chi connectivity index (χ4n) is 5.87. The fraction of sp³-hybridized carbons (Fsp3) is 0.229. The first-order valence-electron chi connectivity index (χ1n) is 14.4. The molecule has 2 aromatic carbocycles. The van der Waals surface area contributed by atoms with Crippen LogP contribution in [-0.4, -0.2) is 51.5 Å². The van der Waals surface area contributed by atoms with E-state index in [4.69, 9.17) is 4.74 Å². The van der Waals surface area contributed by atoms with Gasteiger partial charge in [-0.25, -0.2) is 0 Å². The Morgan fingerprint density at radius 1 is 0.884 bits per heavy atom. The lowest BCUT2D eigenvalue weighted by molar-refractivity contribution is 0.0786. The van der Waals surface area contributed by atoms with E-state index in [0.717, 1.165) is 46.0 Å². The van der Waals surface area contributed by atoms with Gasteiger partial charge in [0, 0.05) is 54.3 Å². The molecule has 0 spiro atoms. The summed E-state index contributed by atoms with van der Waals surface area (Å²) >= 11 is 0. The quantitative estimate of drug-likeness (QED) is 0.246. The minimum atomic E-state index is -0.129. The third kappa shape index (κ3) is 5.32. The number of hydrogen-bond acceptors (Lipinski definition) is 4. The number of methoxy groups -OCH3 is 1. The van der Waals surface area contributed by atoms with Gasteiger partial charge in [0.1, 0.15) is 11.4 Å². The molecule has 0 aliphatic carbocycles. The Bertz CT molecular complexity index is 1780. The molecule has 0 N–H and O–H groups in total. The number of aryl methyl sites for hydroxylation is 2. The first kappa shape index (κ1) is 28.0. The van der Waals surface area contributed by atoms with Crippen LogP contribution in [0.2, 0.25) is 0 Å². The second-order valence-corrected chi connectivity index (χ2v) is 11.0. The van der Waals surface area contributed by atoms with Crippen molar-refractivity contribution in [3.8, 4) is 11.4 Å². The summed E-state index contributed by atoms with van der Waals surface area (Å²) in [6.07, 6.45) is 4.28. The molecular formula is C35H35N5O3. The minimum absolute atomic E-state index is 0.0477. The number of pyridine rings is 1. The van der Waals surface area contributed by atoms with Crippen molar-refractivity contribution in [2.24, 2.45) is 0 Å². The highest BCUT2D eigenvalue weighted by Gasteiger charge is 2.28. The summed E-state index contributed by atoms with van der Waals surface area (Å²) in [6.45, 7) is 5.52. The number of carbonyl (C=O) groups excluding carboxylic acids is 2. The molecule has 43 heavy (non-hydrogen) atoms. The highest BCUT2D eigenvalue weighted by molar-refractivity contribution is 6.07. The van der Waals surface area contributed by atoms with E-state index >= 15 is 0 Å². The number of ether oxygens (including phenoxy) is 1. The Hall–Kier alpha value is -5.11. The van der Waals surface area contributed by atoms with Crippen molar-refractivity contribution in [1.82, 2.24) is 19.0 Å². The molecule has 0 radical (unpaired) electrons. The van der Waals surface area contributed by atoms with Gasteiger partial charge < -0.3 is 23.7 Å². The third-order valence-corrected chi connectivity index (χ3v) is 8.24. The molecule has 6 rings (SSSR count). The number of hydrogen-bond donors (Lipinski definition) is 0. The van der Waals surface area contributed by atoms with Crippen LogP contribution in [0.5, 0.6) is 5.75 Å². The van der Waals surface area contributed by atoms with E-state index < -0.39 is 0 Å². The first-order valence-corrected chi connectivity index (χ1v) is 14.4. The second-order valence-electron chi connectivity index (χ2n) is 11.0. The van der Waals surface area contributed by atoms with Crippen LogP contribution in [0.15, 0.2) is 91.3 Å². The summed E-state index contributed by atoms with van der Waals surface area (Å²) in [6, 6.07) is 25.4. The number of aromatic nitrogens is 3. The molecule has 0 saturated carbocycles. The van der Waals surface area contributed by atoms with Crippen molar-refractivity contribution in [2.75, 3.05) is 25.6 Å². The Morgan fingerprint density at radius 3 is 2.37 bits per heavy atom. The van der Waals surface area contributed by atoms with Gasteiger partial charge in [-0.1, -0.05) is 18.2 Å². The van der Waals surface area contributed by atoms with Gasteiger partial charge in [-0.15, -0.1) is 0 Å². The van der Waals surface area contributed by atoms with Crippen molar-refractivity contribution < 1.29 is 14.3 Å². The predicted molar refractivity (Wildman–Crippen MR) is 167 cm³/mol. The summed E-state index contributed by atoms with van der Waals surface area (Å²) in [4.78, 5) is 35.4. The monoisotopic (exact) mass is 573 g/mol. The Morgan fingerprint density at radius 2 is 1.63 bits per heavy atom. The molecular weight excluding hydrogens is 538 g/mol. The summed E-state index contributed by atoms with van der Waals surface area (Å²) in [7, 11) is 3.46. The number of rotatable bonds is 7. The van der Waals surface area contributed by atoms with Crippen molar-refractivity contribution >= 4 is 17.5 Å². The van der Waals surface area contributed by atoms with Crippen LogP contribution in [0, 0.1) is 13.8 Å². The smallest absolute Gasteiger partial charge is 0.270 e. The van der Waals surface area contributed by atoms with E-state index in [2.05, 4.69) is 21.7 Å². The van der Waals surface area contributed by atoms with E-state index in [9.17, 15) is 9.59 Å². The number of carbonyl (C=O) groups is 2. The van der Waals surface area contributed by atoms with Crippen LogP contribution in [0.3, 0.4) is 0 Å². The zero-order chi connectivity index (χ0) is 30.1. The van der Waals surface area contributed by atoms with E-state index in [-0.39, 0.29) is 11.8 Å². The normalized spacial score (nSPS) is 12.3. The second kappa shape index (κ2) is 11.6. The van der Waals surface area contributed by atoms with Gasteiger partial charge in [0.2, 0.25) is 0 Å². The predicted octanol–water partition coefficient (Wildman–Crippen LogP) is 5.82. The molecule has 2 amide bonds. The molecule has 8 nitrogen and oxygen atoms in total. The van der Waals surface area contributed by atoms with Crippen molar-refractivity contribution in [3.63, 3.8) is 0 Å². The highest BCUT2D eigenvalue weighted by atomic mass is 16.5. The SMILES string of the molecule is COc1cc(C(=O)N2Cc3ccc(C(=O)N(C)CCc4ccncc4)n3Cc3ccccc32)ccc1-n1c(C)ccc1C. The molecule has 4 heterocycles. The lowest BCUT2D eigenvalue weighted by atomic mass is 10.1. The van der Waals surface area contributed by atoms with Crippen LogP contribution in [0.1, 0.15) is 49.1 Å². The number of amides is 2. The number of nitrogens with zero attached hydrogens (tertiary/aromatic N) is 5. The maximum atomic E-state index is 14.2. The standard InChI is InChI=1S/C35H35N5O3/c1-24-9-10-25(2)40(24)31-13-11-27(21-33(31)43-4)34(41)39-23-29-12-14-32(38(29)22-28-7-5-6-8-30(28)39)35(42)37(3)20-17-26-15-18-36-19-16-26/h5-16,18-19,21H,17,20,22-23H2,1-4H3. The Balaban J connectivity index is 1.30. The molecule has 218 valence electrons. The maximum Gasteiger partial charge on any atom is 0.270 e. The molecule has 3 aromatic heterocycles. The van der Waals surface area contributed by atoms with Gasteiger partial charge in [0.25, 0.3) is 11.8 Å².